The minimum absolute atomic E-state index is 0.0752. The molecule has 0 saturated carbocycles. The van der Waals surface area contributed by atoms with Gasteiger partial charge in [-0.05, 0) is 31.5 Å². The van der Waals surface area contributed by atoms with Crippen LogP contribution in [0.3, 0.4) is 0 Å². The molecular formula is C23H24F3N7O4. The highest BCUT2D eigenvalue weighted by Crippen LogP contribution is 2.37. The molecule has 196 valence electrons. The van der Waals surface area contributed by atoms with Gasteiger partial charge in [-0.2, -0.15) is 18.2 Å². The SMILES string of the molecule is COc1cc(Nc2ncc(C(F)(F)F)c(Nc3ccc(O[C@H](C)C(N)=O)cc3NC(C)=O)n2)c(C)cn1. The zero-order chi connectivity index (χ0) is 27.3. The van der Waals surface area contributed by atoms with Gasteiger partial charge in [0.25, 0.3) is 5.91 Å². The summed E-state index contributed by atoms with van der Waals surface area (Å²) in [6, 6.07) is 5.64. The highest BCUT2D eigenvalue weighted by molar-refractivity contribution is 5.94. The number of primary amides is 1. The number of amides is 2. The van der Waals surface area contributed by atoms with Gasteiger partial charge in [-0.15, -0.1) is 0 Å². The van der Waals surface area contributed by atoms with E-state index in [0.29, 0.717) is 17.4 Å². The number of carbonyl (C=O) groups excluding carboxylic acids is 2. The van der Waals surface area contributed by atoms with Crippen LogP contribution in [0.2, 0.25) is 0 Å². The van der Waals surface area contributed by atoms with Crippen molar-refractivity contribution in [3.8, 4) is 11.6 Å². The molecule has 0 unspecified atom stereocenters. The monoisotopic (exact) mass is 519 g/mol. The fourth-order valence-electron chi connectivity index (χ4n) is 3.00. The third-order valence-electron chi connectivity index (χ3n) is 4.90. The summed E-state index contributed by atoms with van der Waals surface area (Å²) in [5, 5.41) is 7.98. The normalized spacial score (nSPS) is 11.9. The Morgan fingerprint density at radius 3 is 2.41 bits per heavy atom. The van der Waals surface area contributed by atoms with Crippen molar-refractivity contribution >= 4 is 40.6 Å². The Morgan fingerprint density at radius 2 is 1.78 bits per heavy atom. The van der Waals surface area contributed by atoms with Crippen LogP contribution >= 0.6 is 0 Å². The molecule has 0 saturated heterocycles. The summed E-state index contributed by atoms with van der Waals surface area (Å²) in [4.78, 5) is 34.9. The fourth-order valence-corrected chi connectivity index (χ4v) is 3.00. The van der Waals surface area contributed by atoms with E-state index in [0.717, 1.165) is 0 Å². The molecule has 0 aliphatic rings. The number of ether oxygens (including phenoxy) is 2. The Balaban J connectivity index is 2.01. The number of rotatable bonds is 9. The number of halogens is 3. The molecule has 0 aliphatic carbocycles. The number of nitrogens with two attached hydrogens (primary N) is 1. The second-order valence-electron chi connectivity index (χ2n) is 7.80. The van der Waals surface area contributed by atoms with Gasteiger partial charge in [0.1, 0.15) is 17.1 Å². The van der Waals surface area contributed by atoms with Crippen molar-refractivity contribution < 1.29 is 32.2 Å². The van der Waals surface area contributed by atoms with E-state index in [2.05, 4.69) is 30.9 Å². The van der Waals surface area contributed by atoms with Crippen molar-refractivity contribution in [2.75, 3.05) is 23.1 Å². The molecule has 3 aromatic rings. The number of aromatic nitrogens is 3. The molecule has 2 heterocycles. The quantitative estimate of drug-likeness (QED) is 0.330. The lowest BCUT2D eigenvalue weighted by molar-refractivity contribution is -0.137. The summed E-state index contributed by atoms with van der Waals surface area (Å²) in [6.07, 6.45) is -3.61. The first-order valence-corrected chi connectivity index (χ1v) is 10.7. The van der Waals surface area contributed by atoms with Crippen LogP contribution in [0.5, 0.6) is 11.6 Å². The van der Waals surface area contributed by atoms with Crippen LogP contribution in [-0.2, 0) is 15.8 Å². The van der Waals surface area contributed by atoms with Crippen molar-refractivity contribution in [1.29, 1.82) is 0 Å². The molecule has 14 heteroatoms. The number of nitrogens with one attached hydrogen (secondary N) is 3. The van der Waals surface area contributed by atoms with Crippen LogP contribution in [0.1, 0.15) is 25.0 Å². The van der Waals surface area contributed by atoms with Crippen molar-refractivity contribution in [2.24, 2.45) is 5.73 Å². The number of aryl methyl sites for hydroxylation is 1. The standard InChI is InChI=1S/C23H24F3N7O4/c1-11-9-28-19(36-4)8-17(11)32-22-29-10-15(23(24,25)26)21(33-22)31-16-6-5-14(37-12(2)20(27)35)7-18(16)30-13(3)34/h5-10,12H,1-4H3,(H2,27,35)(H,30,34)(H2,28,29,31,32,33)/t12-/m1/s1. The number of carbonyl (C=O) groups is 2. The van der Waals surface area contributed by atoms with Crippen molar-refractivity contribution in [3.63, 3.8) is 0 Å². The second-order valence-corrected chi connectivity index (χ2v) is 7.80. The average Bonchev–Trinajstić information content (AvgIpc) is 2.81. The molecule has 0 aliphatic heterocycles. The minimum Gasteiger partial charge on any atom is -0.481 e. The third kappa shape index (κ3) is 6.96. The fraction of sp³-hybridized carbons (Fsp3) is 0.261. The van der Waals surface area contributed by atoms with E-state index in [1.54, 1.807) is 13.0 Å². The van der Waals surface area contributed by atoms with Gasteiger partial charge in [0.15, 0.2) is 6.10 Å². The van der Waals surface area contributed by atoms with E-state index >= 15 is 0 Å². The van der Waals surface area contributed by atoms with Gasteiger partial charge >= 0.3 is 6.18 Å². The average molecular weight is 519 g/mol. The molecule has 2 amide bonds. The summed E-state index contributed by atoms with van der Waals surface area (Å²) >= 11 is 0. The number of anilines is 5. The predicted molar refractivity (Wildman–Crippen MR) is 129 cm³/mol. The Bertz CT molecular complexity index is 1320. The van der Waals surface area contributed by atoms with Gasteiger partial charge in [-0.1, -0.05) is 0 Å². The van der Waals surface area contributed by atoms with Crippen LogP contribution in [0, 0.1) is 6.92 Å². The third-order valence-corrected chi connectivity index (χ3v) is 4.90. The number of hydrogen-bond donors (Lipinski definition) is 4. The maximum Gasteiger partial charge on any atom is 0.421 e. The first-order valence-electron chi connectivity index (χ1n) is 10.7. The Kier molecular flexibility index (Phi) is 8.00. The van der Waals surface area contributed by atoms with Crippen LogP contribution < -0.4 is 31.2 Å². The largest absolute Gasteiger partial charge is 0.481 e. The first-order chi connectivity index (χ1) is 17.4. The molecule has 0 fully saturated rings. The molecule has 5 N–H and O–H groups in total. The van der Waals surface area contributed by atoms with E-state index < -0.39 is 35.5 Å². The van der Waals surface area contributed by atoms with Gasteiger partial charge in [0.05, 0.1) is 24.2 Å². The number of hydrogen-bond acceptors (Lipinski definition) is 9. The van der Waals surface area contributed by atoms with E-state index in [-0.39, 0.29) is 29.0 Å². The van der Waals surface area contributed by atoms with E-state index in [1.807, 2.05) is 0 Å². The first kappa shape index (κ1) is 27.0. The van der Waals surface area contributed by atoms with Crippen molar-refractivity contribution in [2.45, 2.75) is 33.1 Å². The number of nitrogens with zero attached hydrogens (tertiary/aromatic N) is 3. The minimum atomic E-state index is -4.79. The van der Waals surface area contributed by atoms with Gasteiger partial charge in [-0.25, -0.2) is 9.97 Å². The van der Waals surface area contributed by atoms with Gasteiger partial charge in [0.2, 0.25) is 17.7 Å². The molecule has 1 aromatic carbocycles. The molecule has 0 radical (unpaired) electrons. The zero-order valence-electron chi connectivity index (χ0n) is 20.2. The summed E-state index contributed by atoms with van der Waals surface area (Å²) in [6.45, 7) is 4.39. The van der Waals surface area contributed by atoms with E-state index in [9.17, 15) is 22.8 Å². The van der Waals surface area contributed by atoms with Crippen LogP contribution in [0.25, 0.3) is 0 Å². The molecule has 3 rings (SSSR count). The molecule has 0 bridgehead atoms. The lowest BCUT2D eigenvalue weighted by atomic mass is 10.2. The predicted octanol–water partition coefficient (Wildman–Crippen LogP) is 3.91. The zero-order valence-corrected chi connectivity index (χ0v) is 20.2. The Morgan fingerprint density at radius 1 is 1.05 bits per heavy atom. The molecule has 0 spiro atoms. The molecule has 1 atom stereocenters. The topological polar surface area (TPSA) is 153 Å². The van der Waals surface area contributed by atoms with E-state index in [1.165, 1.54) is 45.4 Å². The molecule has 37 heavy (non-hydrogen) atoms. The van der Waals surface area contributed by atoms with Gasteiger partial charge in [-0.3, -0.25) is 9.59 Å². The lowest BCUT2D eigenvalue weighted by Gasteiger charge is -2.18. The summed E-state index contributed by atoms with van der Waals surface area (Å²) in [5.41, 5.74) is 5.37. The number of benzene rings is 1. The number of pyridine rings is 1. The Hall–Kier alpha value is -4.62. The molecular weight excluding hydrogens is 495 g/mol. The van der Waals surface area contributed by atoms with Crippen LogP contribution in [-0.4, -0.2) is 40.0 Å². The molecule has 11 nitrogen and oxygen atoms in total. The number of methoxy groups -OCH3 is 1. The Labute approximate surface area is 209 Å². The summed E-state index contributed by atoms with van der Waals surface area (Å²) in [7, 11) is 1.43. The van der Waals surface area contributed by atoms with Crippen LogP contribution in [0.15, 0.2) is 36.7 Å². The van der Waals surface area contributed by atoms with Gasteiger partial charge in [0, 0.05) is 31.5 Å². The van der Waals surface area contributed by atoms with Crippen molar-refractivity contribution in [1.82, 2.24) is 15.0 Å². The maximum atomic E-state index is 13.8. The lowest BCUT2D eigenvalue weighted by Crippen LogP contribution is -2.30. The number of alkyl halides is 3. The van der Waals surface area contributed by atoms with Crippen molar-refractivity contribution in [3.05, 3.63) is 47.8 Å². The van der Waals surface area contributed by atoms with Crippen LogP contribution in [0.4, 0.5) is 42.0 Å². The second kappa shape index (κ2) is 11.0. The highest BCUT2D eigenvalue weighted by atomic mass is 19.4. The summed E-state index contributed by atoms with van der Waals surface area (Å²) in [5.74, 6) is -1.49. The summed E-state index contributed by atoms with van der Waals surface area (Å²) < 4.78 is 51.8. The van der Waals surface area contributed by atoms with E-state index in [4.69, 9.17) is 15.2 Å². The maximum absolute atomic E-state index is 13.8. The van der Waals surface area contributed by atoms with Gasteiger partial charge < -0.3 is 31.2 Å². The molecule has 2 aromatic heterocycles. The smallest absolute Gasteiger partial charge is 0.421 e. The highest BCUT2D eigenvalue weighted by Gasteiger charge is 2.35.